The van der Waals surface area contributed by atoms with Crippen molar-refractivity contribution < 1.29 is 52.6 Å². The van der Waals surface area contributed by atoms with Crippen molar-refractivity contribution in [2.24, 2.45) is 5.73 Å². The number of hydrogen-bond donors (Lipinski definition) is 10. The summed E-state index contributed by atoms with van der Waals surface area (Å²) in [5.74, 6) is -2.52. The standard InChI is InChI=1S/C75H110N14O11/c1-7-65(90)79-46-16-8-10-33-69(94)85-58(73(97)84-51-25-50-81-66(91)32-11-9-21-52-87-60-29-15-13-27-57(60)75(4,5)64(87)31-22-30-63-74(2,3)56-26-12-14-28-59(56)86(63)6)34-39-71(96)88-53-40-55-62(36-35-61(72(55)88)89(98)99)100-54-70(95)83-48-20-19-47-80-67(92)37-38-68(93)82-49-24-45-78-43-18-17-42-77-44-23-41-76/h7,12-15,22,26-31,35-36,58,77-78H,1,8-11,16-21,23-25,32-34,37-54,76H2,2-6H3,(H6-,79,80,81,82,83,84,85,90,91,92,93,94,95,97)/p+1/t58-/m0/s1. The fraction of sp³-hybridized carbons (Fsp3) is 0.560. The van der Waals surface area contributed by atoms with Crippen LogP contribution < -0.4 is 68.1 Å². The van der Waals surface area contributed by atoms with E-state index in [1.807, 2.05) is 0 Å². The number of nitrogens with one attached hydrogen (secondary N) is 9. The molecule has 0 unspecified atom stereocenters. The van der Waals surface area contributed by atoms with Gasteiger partial charge in [-0.2, -0.15) is 4.58 Å². The summed E-state index contributed by atoms with van der Waals surface area (Å²) < 4.78 is 8.16. The molecule has 25 heteroatoms. The number of nitro benzene ring substituents is 1. The van der Waals surface area contributed by atoms with Crippen LogP contribution in [-0.2, 0) is 55.6 Å². The maximum atomic E-state index is 14.1. The van der Waals surface area contributed by atoms with E-state index in [0.717, 1.165) is 71.2 Å². The number of anilines is 2. The Kier molecular flexibility index (Phi) is 33.9. The van der Waals surface area contributed by atoms with Crippen molar-refractivity contribution in [3.05, 3.63) is 124 Å². The number of nitrogens with two attached hydrogens (primary N) is 1. The average Bonchev–Trinajstić information content (AvgIpc) is 1.61. The van der Waals surface area contributed by atoms with Gasteiger partial charge < -0.3 is 68.1 Å². The van der Waals surface area contributed by atoms with Gasteiger partial charge in [0.15, 0.2) is 12.3 Å². The zero-order valence-electron chi connectivity index (χ0n) is 59.8. The van der Waals surface area contributed by atoms with Crippen LogP contribution >= 0.6 is 0 Å². The van der Waals surface area contributed by atoms with Gasteiger partial charge in [0.1, 0.15) is 24.5 Å². The second kappa shape index (κ2) is 42.3. The molecule has 0 aromatic heterocycles. The van der Waals surface area contributed by atoms with E-state index in [2.05, 4.69) is 165 Å². The molecule has 0 fully saturated rings. The fourth-order valence-electron chi connectivity index (χ4n) is 12.9. The van der Waals surface area contributed by atoms with E-state index in [1.165, 1.54) is 57.0 Å². The summed E-state index contributed by atoms with van der Waals surface area (Å²) in [7, 11) is 2.13. The highest BCUT2D eigenvalue weighted by Crippen LogP contribution is 2.48. The second-order valence-electron chi connectivity index (χ2n) is 26.8. The summed E-state index contributed by atoms with van der Waals surface area (Å²) in [6, 6.07) is 18.6. The van der Waals surface area contributed by atoms with Gasteiger partial charge in [0.05, 0.1) is 10.3 Å². The van der Waals surface area contributed by atoms with Crippen LogP contribution in [0.4, 0.5) is 22.7 Å². The molecule has 100 heavy (non-hydrogen) atoms. The van der Waals surface area contributed by atoms with Crippen molar-refractivity contribution in [3.8, 4) is 5.75 Å². The molecule has 3 heterocycles. The molecule has 6 rings (SSSR count). The Hall–Kier alpha value is -8.81. The highest BCUT2D eigenvalue weighted by atomic mass is 16.6. The number of rotatable bonds is 48. The van der Waals surface area contributed by atoms with Gasteiger partial charge in [0.2, 0.25) is 47.0 Å². The normalized spacial score (nSPS) is 14.6. The molecule has 3 aromatic rings. The first-order chi connectivity index (χ1) is 48.2. The van der Waals surface area contributed by atoms with Crippen LogP contribution in [-0.4, -0.2) is 167 Å². The van der Waals surface area contributed by atoms with Crippen LogP contribution in [0.2, 0.25) is 0 Å². The third-order valence-corrected chi connectivity index (χ3v) is 18.5. The Morgan fingerprint density at radius 3 is 1.86 bits per heavy atom. The van der Waals surface area contributed by atoms with E-state index in [1.54, 1.807) is 0 Å². The van der Waals surface area contributed by atoms with Gasteiger partial charge in [-0.1, -0.05) is 75.7 Å². The number of fused-ring (bicyclic) bond motifs is 3. The van der Waals surface area contributed by atoms with E-state index in [9.17, 15) is 48.5 Å². The van der Waals surface area contributed by atoms with Crippen LogP contribution in [0, 0.1) is 10.1 Å². The van der Waals surface area contributed by atoms with Crippen molar-refractivity contribution >= 4 is 75.7 Å². The molecule has 0 saturated heterocycles. The maximum absolute atomic E-state index is 14.1. The Morgan fingerprint density at radius 1 is 0.630 bits per heavy atom. The predicted molar refractivity (Wildman–Crippen MR) is 392 cm³/mol. The number of allylic oxidation sites excluding steroid dienone is 4. The molecule has 546 valence electrons. The smallest absolute Gasteiger partial charge is 0.293 e. The van der Waals surface area contributed by atoms with Crippen molar-refractivity contribution in [1.29, 1.82) is 0 Å². The monoisotopic (exact) mass is 1380 g/mol. The Labute approximate surface area is 590 Å². The van der Waals surface area contributed by atoms with Gasteiger partial charge in [0, 0.05) is 131 Å². The van der Waals surface area contributed by atoms with Gasteiger partial charge in [0.25, 0.3) is 11.6 Å². The summed E-state index contributed by atoms with van der Waals surface area (Å²) in [5, 5.41) is 38.8. The van der Waals surface area contributed by atoms with Crippen molar-refractivity contribution in [1.82, 2.24) is 47.9 Å². The van der Waals surface area contributed by atoms with Crippen LogP contribution in [0.3, 0.4) is 0 Å². The lowest BCUT2D eigenvalue weighted by Crippen LogP contribution is -2.47. The predicted octanol–water partition coefficient (Wildman–Crippen LogP) is 6.72. The molecule has 25 nitrogen and oxygen atoms in total. The molecule has 1 atom stereocenters. The number of nitrogens with zero attached hydrogens (tertiary/aromatic N) is 4. The minimum Gasteiger partial charge on any atom is -0.483 e. The minimum atomic E-state index is -1.14. The third kappa shape index (κ3) is 25.1. The number of carbonyl (C=O) groups excluding carboxylic acids is 8. The number of para-hydroxylation sites is 2. The highest BCUT2D eigenvalue weighted by Gasteiger charge is 2.43. The molecule has 0 saturated carbocycles. The summed E-state index contributed by atoms with van der Waals surface area (Å²) in [5.41, 5.74) is 12.7. The summed E-state index contributed by atoms with van der Waals surface area (Å²) in [4.78, 5) is 119. The Morgan fingerprint density at radius 2 is 1.19 bits per heavy atom. The Bertz CT molecular complexity index is 3360. The quantitative estimate of drug-likeness (QED) is 0.00922. The molecule has 0 spiro atoms. The van der Waals surface area contributed by atoms with Gasteiger partial charge in [-0.05, 0) is 160 Å². The number of nitro groups is 1. The zero-order chi connectivity index (χ0) is 72.3. The molecular formula is C75H111N14O11+. The lowest BCUT2D eigenvalue weighted by molar-refractivity contribution is -0.401. The topological polar surface area (TPSA) is 333 Å². The van der Waals surface area contributed by atoms with Gasteiger partial charge in [-0.3, -0.25) is 48.5 Å². The molecule has 0 aliphatic carbocycles. The lowest BCUT2D eigenvalue weighted by Gasteiger charge is -2.27. The molecule has 3 aliphatic heterocycles. The number of amides is 8. The number of carbonyl (C=O) groups is 8. The molecule has 8 amide bonds. The van der Waals surface area contributed by atoms with E-state index >= 15 is 0 Å². The lowest BCUT2D eigenvalue weighted by atomic mass is 9.81. The average molecular weight is 1380 g/mol. The second-order valence-corrected chi connectivity index (χ2v) is 26.8. The molecule has 0 bridgehead atoms. The molecule has 3 aliphatic rings. The van der Waals surface area contributed by atoms with Gasteiger partial charge >= 0.3 is 0 Å². The number of benzene rings is 3. The maximum Gasteiger partial charge on any atom is 0.293 e. The number of ether oxygens (including phenoxy) is 1. The summed E-state index contributed by atoms with van der Waals surface area (Å²) in [6.07, 6.45) is 17.8. The van der Waals surface area contributed by atoms with Crippen LogP contribution in [0.25, 0.3) is 0 Å². The first kappa shape index (κ1) is 80.2. The van der Waals surface area contributed by atoms with Crippen LogP contribution in [0.5, 0.6) is 5.75 Å². The number of unbranched alkanes of at least 4 members (excludes halogenated alkanes) is 6. The van der Waals surface area contributed by atoms with Crippen LogP contribution in [0.1, 0.15) is 166 Å². The van der Waals surface area contributed by atoms with Crippen molar-refractivity contribution in [3.63, 3.8) is 0 Å². The first-order valence-electron chi connectivity index (χ1n) is 36.0. The van der Waals surface area contributed by atoms with Gasteiger partial charge in [-0.15, -0.1) is 0 Å². The fourth-order valence-corrected chi connectivity index (χ4v) is 12.9. The Balaban J connectivity index is 0.906. The summed E-state index contributed by atoms with van der Waals surface area (Å²) >= 11 is 0. The highest BCUT2D eigenvalue weighted by molar-refractivity contribution is 6.03. The summed E-state index contributed by atoms with van der Waals surface area (Å²) in [6.45, 7) is 19.4. The van der Waals surface area contributed by atoms with E-state index < -0.39 is 41.2 Å². The van der Waals surface area contributed by atoms with Crippen molar-refractivity contribution in [2.75, 3.05) is 109 Å². The van der Waals surface area contributed by atoms with E-state index in [-0.39, 0.29) is 103 Å². The van der Waals surface area contributed by atoms with Gasteiger partial charge in [-0.25, -0.2) is 0 Å². The molecule has 3 aromatic carbocycles. The largest absolute Gasteiger partial charge is 0.483 e. The molecular weight excluding hydrogens is 1270 g/mol. The third-order valence-electron chi connectivity index (χ3n) is 18.5. The van der Waals surface area contributed by atoms with Crippen LogP contribution in [0.15, 0.2) is 97.2 Å². The first-order valence-corrected chi connectivity index (χ1v) is 36.0. The SMILES string of the molecule is C=CC(=O)NCCCCCC(=O)N[C@@H](CCC(=O)N1CCc2c(OCC(=O)NCCCCNC(=O)CCC(=O)NCCCNCCCCNCCCN)ccc([N+](=O)[O-])c21)C(=O)NCCCNC(=O)CCCCCN1/C(=C/C=C/C2=[N+](C)c3ccccc3C2(C)C)C(C)(C)c2ccccc21. The molecule has 0 radical (unpaired) electrons. The minimum absolute atomic E-state index is 0.0337. The zero-order valence-corrected chi connectivity index (χ0v) is 59.8. The molecule has 11 N–H and O–H groups in total. The van der Waals surface area contributed by atoms with E-state index in [0.29, 0.717) is 96.2 Å². The van der Waals surface area contributed by atoms with E-state index in [4.69, 9.17) is 10.5 Å². The number of hydrogen-bond acceptors (Lipinski definition) is 15. The van der Waals surface area contributed by atoms with Crippen molar-refractivity contribution in [2.45, 2.75) is 173 Å².